The lowest BCUT2D eigenvalue weighted by Gasteiger charge is -2.22. The molecule has 1 amide bonds. The first-order valence-corrected chi connectivity index (χ1v) is 7.52. The van der Waals surface area contributed by atoms with Gasteiger partial charge in [0.1, 0.15) is 5.82 Å². The minimum atomic E-state index is -0.599. The molecule has 1 aromatic rings. The van der Waals surface area contributed by atoms with Gasteiger partial charge >= 0.3 is 0 Å². The van der Waals surface area contributed by atoms with Gasteiger partial charge in [0.05, 0.1) is 5.71 Å². The van der Waals surface area contributed by atoms with Crippen molar-refractivity contribution >= 4 is 11.6 Å². The molecule has 0 saturated carbocycles. The van der Waals surface area contributed by atoms with Gasteiger partial charge in [-0.25, -0.2) is 4.39 Å². The molecule has 0 aliphatic carbocycles. The Labute approximate surface area is 123 Å². The van der Waals surface area contributed by atoms with Crippen LogP contribution >= 0.6 is 0 Å². The number of likely N-dealkylation sites (tertiary alicyclic amines) is 1. The fourth-order valence-electron chi connectivity index (χ4n) is 2.86. The molecule has 0 unspecified atom stereocenters. The maximum absolute atomic E-state index is 13.7. The number of carbonyl (C=O) groups excluding carboxylic acids is 1. The lowest BCUT2D eigenvalue weighted by molar-refractivity contribution is -0.142. The number of oxime groups is 1. The van der Waals surface area contributed by atoms with Crippen molar-refractivity contribution in [1.29, 1.82) is 0 Å². The summed E-state index contributed by atoms with van der Waals surface area (Å²) in [6, 6.07) is 6.44. The molecule has 4 nitrogen and oxygen atoms in total. The van der Waals surface area contributed by atoms with Crippen molar-refractivity contribution in [2.45, 2.75) is 38.2 Å². The van der Waals surface area contributed by atoms with Gasteiger partial charge in [-0.15, -0.1) is 0 Å². The van der Waals surface area contributed by atoms with Crippen LogP contribution in [0.2, 0.25) is 0 Å². The van der Waals surface area contributed by atoms with Gasteiger partial charge in [-0.3, -0.25) is 4.79 Å². The van der Waals surface area contributed by atoms with E-state index in [1.54, 1.807) is 18.2 Å². The summed E-state index contributed by atoms with van der Waals surface area (Å²) in [4.78, 5) is 19.6. The first-order chi connectivity index (χ1) is 10.3. The molecule has 2 aliphatic heterocycles. The maximum atomic E-state index is 13.7. The zero-order valence-electron chi connectivity index (χ0n) is 11.9. The van der Waals surface area contributed by atoms with Crippen LogP contribution in [0.1, 0.15) is 37.7 Å². The maximum Gasteiger partial charge on any atom is 0.266 e. The van der Waals surface area contributed by atoms with Gasteiger partial charge in [-0.05, 0) is 18.9 Å². The quantitative estimate of drug-likeness (QED) is 0.840. The average Bonchev–Trinajstić information content (AvgIpc) is 2.82. The number of carbonyl (C=O) groups is 1. The predicted molar refractivity (Wildman–Crippen MR) is 77.5 cm³/mol. The van der Waals surface area contributed by atoms with Crippen LogP contribution < -0.4 is 0 Å². The van der Waals surface area contributed by atoms with E-state index in [1.165, 1.54) is 18.9 Å². The van der Waals surface area contributed by atoms with E-state index in [2.05, 4.69) is 5.16 Å². The predicted octanol–water partition coefficient (Wildman–Crippen LogP) is 2.72. The molecule has 0 N–H and O–H groups in total. The van der Waals surface area contributed by atoms with Gasteiger partial charge < -0.3 is 9.74 Å². The average molecular weight is 290 g/mol. The fraction of sp³-hybridized carbons (Fsp3) is 0.500. The molecule has 5 heteroatoms. The van der Waals surface area contributed by atoms with Gasteiger partial charge in [0.2, 0.25) is 6.10 Å². The molecule has 0 radical (unpaired) electrons. The molecule has 2 aliphatic rings. The van der Waals surface area contributed by atoms with Gasteiger partial charge in [-0.2, -0.15) is 0 Å². The molecule has 112 valence electrons. The van der Waals surface area contributed by atoms with Crippen molar-refractivity contribution < 1.29 is 14.0 Å². The molecule has 0 aromatic heterocycles. The van der Waals surface area contributed by atoms with E-state index in [0.29, 0.717) is 17.7 Å². The summed E-state index contributed by atoms with van der Waals surface area (Å²) in [5.74, 6) is -0.352. The number of halogens is 1. The van der Waals surface area contributed by atoms with Crippen LogP contribution in [0.3, 0.4) is 0 Å². The second-order valence-electron chi connectivity index (χ2n) is 5.56. The van der Waals surface area contributed by atoms with E-state index >= 15 is 0 Å². The van der Waals surface area contributed by atoms with Crippen molar-refractivity contribution in [3.05, 3.63) is 35.6 Å². The molecule has 21 heavy (non-hydrogen) atoms. The van der Waals surface area contributed by atoms with Crippen LogP contribution in [0.5, 0.6) is 0 Å². The lowest BCUT2D eigenvalue weighted by atomic mass is 10.0. The SMILES string of the molecule is O=C([C@H]1CC(c2ccccc2F)=NO1)N1CCCCCC1. The monoisotopic (exact) mass is 290 g/mol. The molecule has 0 bridgehead atoms. The molecule has 0 spiro atoms. The number of nitrogens with zero attached hydrogens (tertiary/aromatic N) is 2. The zero-order valence-corrected chi connectivity index (χ0v) is 11.9. The van der Waals surface area contributed by atoms with E-state index in [-0.39, 0.29) is 11.7 Å². The largest absolute Gasteiger partial charge is 0.382 e. The molecular weight excluding hydrogens is 271 g/mol. The third-order valence-corrected chi connectivity index (χ3v) is 4.05. The molecule has 1 saturated heterocycles. The Kier molecular flexibility index (Phi) is 4.18. The highest BCUT2D eigenvalue weighted by Gasteiger charge is 2.33. The van der Waals surface area contributed by atoms with Crippen LogP contribution in [0.25, 0.3) is 0 Å². The summed E-state index contributed by atoms with van der Waals surface area (Å²) < 4.78 is 13.7. The van der Waals surface area contributed by atoms with Crippen molar-refractivity contribution in [2.24, 2.45) is 5.16 Å². The second-order valence-corrected chi connectivity index (χ2v) is 5.56. The molecule has 2 heterocycles. The second kappa shape index (κ2) is 6.24. The third-order valence-electron chi connectivity index (χ3n) is 4.05. The van der Waals surface area contributed by atoms with Crippen molar-refractivity contribution in [1.82, 2.24) is 4.90 Å². The summed E-state index contributed by atoms with van der Waals surface area (Å²) in [5, 5.41) is 3.92. The smallest absolute Gasteiger partial charge is 0.266 e. The molecule has 1 aromatic carbocycles. The Morgan fingerprint density at radius 1 is 1.19 bits per heavy atom. The van der Waals surface area contributed by atoms with E-state index in [0.717, 1.165) is 25.9 Å². The summed E-state index contributed by atoms with van der Waals surface area (Å²) in [6.45, 7) is 1.57. The Bertz CT molecular complexity index is 551. The number of hydrogen-bond donors (Lipinski definition) is 0. The van der Waals surface area contributed by atoms with Crippen LogP contribution in [-0.2, 0) is 9.63 Å². The highest BCUT2D eigenvalue weighted by Crippen LogP contribution is 2.21. The Morgan fingerprint density at radius 2 is 1.90 bits per heavy atom. The summed E-state index contributed by atoms with van der Waals surface area (Å²) in [7, 11) is 0. The number of rotatable bonds is 2. The van der Waals surface area contributed by atoms with E-state index in [9.17, 15) is 9.18 Å². The van der Waals surface area contributed by atoms with Crippen LogP contribution in [0.15, 0.2) is 29.4 Å². The van der Waals surface area contributed by atoms with Crippen molar-refractivity contribution in [2.75, 3.05) is 13.1 Å². The highest BCUT2D eigenvalue weighted by atomic mass is 19.1. The summed E-state index contributed by atoms with van der Waals surface area (Å²) in [6.07, 6.45) is 4.17. The number of hydrogen-bond acceptors (Lipinski definition) is 3. The van der Waals surface area contributed by atoms with Gasteiger partial charge in [0.25, 0.3) is 5.91 Å². The number of benzene rings is 1. The Hall–Kier alpha value is -1.91. The standard InChI is InChI=1S/C16H19FN2O2/c17-13-8-4-3-7-12(13)14-11-15(21-18-14)16(20)19-9-5-1-2-6-10-19/h3-4,7-8,15H,1-2,5-6,9-11H2/t15-/m1/s1. The van der Waals surface area contributed by atoms with Crippen LogP contribution in [0, 0.1) is 5.82 Å². The molecule has 1 fully saturated rings. The number of amides is 1. The van der Waals surface area contributed by atoms with Gasteiger partial charge in [0, 0.05) is 25.1 Å². The Morgan fingerprint density at radius 3 is 2.62 bits per heavy atom. The zero-order chi connectivity index (χ0) is 14.7. The molecular formula is C16H19FN2O2. The lowest BCUT2D eigenvalue weighted by Crippen LogP contribution is -2.39. The highest BCUT2D eigenvalue weighted by molar-refractivity contribution is 6.04. The van der Waals surface area contributed by atoms with Crippen molar-refractivity contribution in [3.8, 4) is 0 Å². The van der Waals surface area contributed by atoms with Crippen molar-refractivity contribution in [3.63, 3.8) is 0 Å². The third kappa shape index (κ3) is 3.06. The first-order valence-electron chi connectivity index (χ1n) is 7.52. The van der Waals surface area contributed by atoms with Gasteiger partial charge in [0.15, 0.2) is 0 Å². The minimum absolute atomic E-state index is 0.0213. The normalized spacial score (nSPS) is 22.4. The molecule has 3 rings (SSSR count). The first kappa shape index (κ1) is 14.0. The fourth-order valence-corrected chi connectivity index (χ4v) is 2.86. The Balaban J connectivity index is 1.65. The topological polar surface area (TPSA) is 41.9 Å². The molecule has 1 atom stereocenters. The summed E-state index contributed by atoms with van der Waals surface area (Å²) >= 11 is 0. The summed E-state index contributed by atoms with van der Waals surface area (Å²) in [5.41, 5.74) is 0.935. The van der Waals surface area contributed by atoms with E-state index in [1.807, 2.05) is 4.90 Å². The van der Waals surface area contributed by atoms with E-state index in [4.69, 9.17) is 4.84 Å². The van der Waals surface area contributed by atoms with E-state index < -0.39 is 6.10 Å². The van der Waals surface area contributed by atoms with Gasteiger partial charge in [-0.1, -0.05) is 36.2 Å². The minimum Gasteiger partial charge on any atom is -0.382 e. The van der Waals surface area contributed by atoms with Crippen LogP contribution in [-0.4, -0.2) is 35.7 Å². The van der Waals surface area contributed by atoms with Crippen LogP contribution in [0.4, 0.5) is 4.39 Å².